The van der Waals surface area contributed by atoms with Crippen LogP contribution in [0.15, 0.2) is 17.0 Å². The van der Waals surface area contributed by atoms with Crippen LogP contribution in [0.1, 0.15) is 12.5 Å². The zero-order valence-corrected chi connectivity index (χ0v) is 9.05. The van der Waals surface area contributed by atoms with Gasteiger partial charge >= 0.3 is 0 Å². The van der Waals surface area contributed by atoms with Crippen molar-refractivity contribution in [3.05, 3.63) is 29.3 Å². The van der Waals surface area contributed by atoms with Crippen LogP contribution in [0.5, 0.6) is 0 Å². The lowest BCUT2D eigenvalue weighted by molar-refractivity contribution is 0.535. The fourth-order valence-corrected chi connectivity index (χ4v) is 1.69. The molecule has 0 spiro atoms. The summed E-state index contributed by atoms with van der Waals surface area (Å²) >= 11 is 1.08. The molecule has 14 heavy (non-hydrogen) atoms. The average Bonchev–Trinajstić information content (AvgIpc) is 2.14. The second kappa shape index (κ2) is 5.32. The van der Waals surface area contributed by atoms with E-state index in [1.54, 1.807) is 6.26 Å². The molecule has 0 heterocycles. The molecule has 0 aliphatic heterocycles. The topological polar surface area (TPSA) is 12.0 Å². The maximum absolute atomic E-state index is 13.2. The highest BCUT2D eigenvalue weighted by atomic mass is 32.2. The molecular weight excluding hydrogens is 204 g/mol. The quantitative estimate of drug-likeness (QED) is 0.778. The van der Waals surface area contributed by atoms with Crippen molar-refractivity contribution in [2.75, 3.05) is 12.8 Å². The summed E-state index contributed by atoms with van der Waals surface area (Å²) in [7, 11) is 0. The van der Waals surface area contributed by atoms with Crippen LogP contribution >= 0.6 is 11.8 Å². The Labute approximate surface area is 86.9 Å². The number of thioether (sulfide) groups is 1. The Bertz CT molecular complexity index is 292. The van der Waals surface area contributed by atoms with Crippen molar-refractivity contribution in [3.63, 3.8) is 0 Å². The van der Waals surface area contributed by atoms with E-state index in [0.717, 1.165) is 18.3 Å². The van der Waals surface area contributed by atoms with Crippen LogP contribution in [0.4, 0.5) is 8.78 Å². The molecule has 1 rings (SSSR count). The molecule has 1 N–H and O–H groups in total. The Kier molecular flexibility index (Phi) is 4.35. The smallest absolute Gasteiger partial charge is 0.140 e. The van der Waals surface area contributed by atoms with Gasteiger partial charge in [-0.05, 0) is 30.5 Å². The molecule has 0 aliphatic carbocycles. The van der Waals surface area contributed by atoms with Gasteiger partial charge in [0.15, 0.2) is 0 Å². The van der Waals surface area contributed by atoms with E-state index in [-0.39, 0.29) is 4.90 Å². The van der Waals surface area contributed by atoms with Crippen molar-refractivity contribution in [2.24, 2.45) is 0 Å². The molecular formula is C10H13F2NS. The van der Waals surface area contributed by atoms with Gasteiger partial charge in [-0.1, -0.05) is 6.92 Å². The predicted molar refractivity (Wildman–Crippen MR) is 55.5 cm³/mol. The first-order valence-electron chi connectivity index (χ1n) is 4.41. The fourth-order valence-electron chi connectivity index (χ4n) is 1.18. The van der Waals surface area contributed by atoms with Crippen LogP contribution in [0.25, 0.3) is 0 Å². The predicted octanol–water partition coefficient (Wildman–Crippen LogP) is 2.80. The summed E-state index contributed by atoms with van der Waals surface area (Å²) in [6.45, 7) is 3.23. The summed E-state index contributed by atoms with van der Waals surface area (Å²) in [6.07, 6.45) is 1.66. The zero-order chi connectivity index (χ0) is 10.6. The summed E-state index contributed by atoms with van der Waals surface area (Å²) in [5.74, 6) is -0.962. The molecule has 0 aromatic heterocycles. The van der Waals surface area contributed by atoms with Gasteiger partial charge in [-0.3, -0.25) is 0 Å². The summed E-state index contributed by atoms with van der Waals surface area (Å²) in [5.41, 5.74) is 0.639. The second-order valence-corrected chi connectivity index (χ2v) is 3.69. The first kappa shape index (κ1) is 11.5. The van der Waals surface area contributed by atoms with E-state index in [9.17, 15) is 8.78 Å². The Hall–Kier alpha value is -0.610. The van der Waals surface area contributed by atoms with Crippen LogP contribution in [0, 0.1) is 11.6 Å². The summed E-state index contributed by atoms with van der Waals surface area (Å²) in [4.78, 5) is 0.0882. The van der Waals surface area contributed by atoms with E-state index in [1.165, 1.54) is 12.1 Å². The van der Waals surface area contributed by atoms with Gasteiger partial charge in [-0.25, -0.2) is 8.78 Å². The zero-order valence-electron chi connectivity index (χ0n) is 8.23. The highest BCUT2D eigenvalue weighted by Crippen LogP contribution is 2.24. The number of halogens is 2. The maximum atomic E-state index is 13.2. The van der Waals surface area contributed by atoms with Crippen molar-refractivity contribution in [2.45, 2.75) is 18.4 Å². The minimum Gasteiger partial charge on any atom is -0.313 e. The van der Waals surface area contributed by atoms with Gasteiger partial charge in [-0.2, -0.15) is 0 Å². The molecule has 0 unspecified atom stereocenters. The molecule has 1 aromatic carbocycles. The van der Waals surface area contributed by atoms with Gasteiger partial charge in [0.25, 0.3) is 0 Å². The van der Waals surface area contributed by atoms with Crippen LogP contribution in [0.3, 0.4) is 0 Å². The van der Waals surface area contributed by atoms with Crippen LogP contribution in [-0.2, 0) is 6.54 Å². The number of hydrogen-bond donors (Lipinski definition) is 1. The highest BCUT2D eigenvalue weighted by Gasteiger charge is 2.09. The Morgan fingerprint density at radius 2 is 1.86 bits per heavy atom. The fraction of sp³-hybridized carbons (Fsp3) is 0.400. The van der Waals surface area contributed by atoms with E-state index >= 15 is 0 Å². The molecule has 0 atom stereocenters. The number of hydrogen-bond acceptors (Lipinski definition) is 2. The molecule has 0 aliphatic rings. The molecule has 0 amide bonds. The van der Waals surface area contributed by atoms with Crippen molar-refractivity contribution in [3.8, 4) is 0 Å². The molecule has 78 valence electrons. The van der Waals surface area contributed by atoms with Gasteiger partial charge in [0.1, 0.15) is 11.6 Å². The van der Waals surface area contributed by atoms with Gasteiger partial charge < -0.3 is 5.32 Å². The summed E-state index contributed by atoms with van der Waals surface area (Å²) < 4.78 is 26.5. The van der Waals surface area contributed by atoms with E-state index in [2.05, 4.69) is 5.32 Å². The Morgan fingerprint density at radius 3 is 2.29 bits per heavy atom. The van der Waals surface area contributed by atoms with Gasteiger partial charge in [0.05, 0.1) is 4.90 Å². The number of benzene rings is 1. The number of rotatable bonds is 4. The lowest BCUT2D eigenvalue weighted by Crippen LogP contribution is -2.12. The molecule has 0 saturated carbocycles. The number of nitrogens with one attached hydrogen (secondary N) is 1. The maximum Gasteiger partial charge on any atom is 0.140 e. The normalized spacial score (nSPS) is 10.6. The van der Waals surface area contributed by atoms with Gasteiger partial charge in [-0.15, -0.1) is 11.8 Å². The SMILES string of the molecule is CCNCc1cc(F)c(SC)c(F)c1. The van der Waals surface area contributed by atoms with E-state index < -0.39 is 11.6 Å². The molecule has 1 nitrogen and oxygen atoms in total. The average molecular weight is 217 g/mol. The van der Waals surface area contributed by atoms with Crippen molar-refractivity contribution < 1.29 is 8.78 Å². The van der Waals surface area contributed by atoms with Crippen molar-refractivity contribution in [1.82, 2.24) is 5.32 Å². The van der Waals surface area contributed by atoms with E-state index in [0.29, 0.717) is 12.1 Å². The highest BCUT2D eigenvalue weighted by molar-refractivity contribution is 7.98. The van der Waals surface area contributed by atoms with Gasteiger partial charge in [0.2, 0.25) is 0 Å². The van der Waals surface area contributed by atoms with E-state index in [1.807, 2.05) is 6.92 Å². The third-order valence-corrected chi connectivity index (χ3v) is 2.64. The first-order valence-corrected chi connectivity index (χ1v) is 5.64. The summed E-state index contributed by atoms with van der Waals surface area (Å²) in [6, 6.07) is 2.75. The lowest BCUT2D eigenvalue weighted by atomic mass is 10.2. The van der Waals surface area contributed by atoms with Crippen LogP contribution in [-0.4, -0.2) is 12.8 Å². The monoisotopic (exact) mass is 217 g/mol. The van der Waals surface area contributed by atoms with Crippen molar-refractivity contribution >= 4 is 11.8 Å². The molecule has 4 heteroatoms. The Balaban J connectivity index is 2.90. The molecule has 0 radical (unpaired) electrons. The molecule has 0 fully saturated rings. The Morgan fingerprint density at radius 1 is 1.29 bits per heavy atom. The largest absolute Gasteiger partial charge is 0.313 e. The van der Waals surface area contributed by atoms with E-state index in [4.69, 9.17) is 0 Å². The molecule has 0 saturated heterocycles. The second-order valence-electron chi connectivity index (χ2n) is 2.87. The molecule has 0 bridgehead atoms. The minimum atomic E-state index is -0.481. The first-order chi connectivity index (χ1) is 6.69. The van der Waals surface area contributed by atoms with Gasteiger partial charge in [0, 0.05) is 6.54 Å². The standard InChI is InChI=1S/C10H13F2NS/c1-3-13-6-7-4-8(11)10(14-2)9(12)5-7/h4-5,13H,3,6H2,1-2H3. The third-order valence-electron chi connectivity index (χ3n) is 1.84. The lowest BCUT2D eigenvalue weighted by Gasteiger charge is -2.06. The van der Waals surface area contributed by atoms with Crippen LogP contribution < -0.4 is 5.32 Å². The summed E-state index contributed by atoms with van der Waals surface area (Å²) in [5, 5.41) is 3.02. The van der Waals surface area contributed by atoms with Crippen LogP contribution in [0.2, 0.25) is 0 Å². The van der Waals surface area contributed by atoms with Crippen molar-refractivity contribution in [1.29, 1.82) is 0 Å². The molecule has 1 aromatic rings. The third kappa shape index (κ3) is 2.69. The minimum absolute atomic E-state index is 0.0882.